The second kappa shape index (κ2) is 14.9. The quantitative estimate of drug-likeness (QED) is 0.200. The highest BCUT2D eigenvalue weighted by atomic mass is 16.3. The molecule has 0 aromatic heterocycles. The second-order valence-corrected chi connectivity index (χ2v) is 11.6. The molecule has 2 aliphatic rings. The molecule has 6 atom stereocenters. The van der Waals surface area contributed by atoms with Gasteiger partial charge in [-0.2, -0.15) is 0 Å². The van der Waals surface area contributed by atoms with Gasteiger partial charge in [0.2, 0.25) is 35.4 Å². The summed E-state index contributed by atoms with van der Waals surface area (Å²) in [5, 5.41) is 30.2. The molecule has 2 saturated heterocycles. The van der Waals surface area contributed by atoms with E-state index in [1.54, 1.807) is 30.3 Å². The number of hydrogen-bond donors (Lipinski definition) is 6. The summed E-state index contributed by atoms with van der Waals surface area (Å²) in [6.45, 7) is 3.70. The van der Waals surface area contributed by atoms with Crippen molar-refractivity contribution < 1.29 is 39.0 Å². The van der Waals surface area contributed by atoms with Gasteiger partial charge in [-0.3, -0.25) is 28.8 Å². The number of aliphatic hydroxyl groups is 2. The van der Waals surface area contributed by atoms with Crippen LogP contribution in [0.4, 0.5) is 0 Å². The number of carbonyl (C=O) groups excluding carboxylic acids is 6. The van der Waals surface area contributed by atoms with Crippen LogP contribution in [0.3, 0.4) is 0 Å². The van der Waals surface area contributed by atoms with Gasteiger partial charge in [-0.15, -0.1) is 0 Å². The van der Waals surface area contributed by atoms with Crippen molar-refractivity contribution >= 4 is 35.4 Å². The molecule has 43 heavy (non-hydrogen) atoms. The van der Waals surface area contributed by atoms with Gasteiger partial charge in [0.05, 0.1) is 13.2 Å². The standard InChI is InChI=1S/C29H42N6O8/c1-16(2)10-20-26(40)32-21(11-18-8-6-5-7-9-18)29(43)35-13-19(30-25(39)17(3)37)12-23(35)27(41)33-22(15-36)28(42)34(4)14-24(38)31-20/h5-9,16-17,19-23,36-37H,10-15H2,1-4H3,(H,30,39)(H,31,38)(H,32,40)(H,33,41)/t17-,19-,20-,21-,22-,23-/m0/s1. The van der Waals surface area contributed by atoms with Gasteiger partial charge in [-0.25, -0.2) is 0 Å². The number of hydrogen-bond acceptors (Lipinski definition) is 8. The van der Waals surface area contributed by atoms with Gasteiger partial charge in [0.1, 0.15) is 30.3 Å². The predicted octanol–water partition coefficient (Wildman–Crippen LogP) is -2.34. The maximum atomic E-state index is 14.1. The minimum atomic E-state index is -1.41. The van der Waals surface area contributed by atoms with E-state index in [1.807, 2.05) is 13.8 Å². The van der Waals surface area contributed by atoms with Crippen LogP contribution in [-0.4, -0.2) is 119 Å². The smallest absolute Gasteiger partial charge is 0.248 e. The Bertz CT molecular complexity index is 1190. The average molecular weight is 603 g/mol. The molecule has 0 spiro atoms. The largest absolute Gasteiger partial charge is 0.394 e. The van der Waals surface area contributed by atoms with Crippen LogP contribution in [0.2, 0.25) is 0 Å². The Morgan fingerprint density at radius 1 is 0.953 bits per heavy atom. The minimum absolute atomic E-state index is 0.0115. The number of nitrogens with one attached hydrogen (secondary N) is 4. The molecule has 0 bridgehead atoms. The first-order valence-electron chi connectivity index (χ1n) is 14.4. The zero-order valence-electron chi connectivity index (χ0n) is 24.9. The van der Waals surface area contributed by atoms with Crippen LogP contribution < -0.4 is 21.3 Å². The monoisotopic (exact) mass is 602 g/mol. The molecule has 6 amide bonds. The summed E-state index contributed by atoms with van der Waals surface area (Å²) in [6, 6.07) is 3.48. The topological polar surface area (TPSA) is 197 Å². The number of benzene rings is 1. The van der Waals surface area contributed by atoms with Crippen LogP contribution >= 0.6 is 0 Å². The number of carbonyl (C=O) groups is 6. The number of rotatable bonds is 7. The highest BCUT2D eigenvalue weighted by Crippen LogP contribution is 2.22. The lowest BCUT2D eigenvalue weighted by Gasteiger charge is -2.30. The summed E-state index contributed by atoms with van der Waals surface area (Å²) < 4.78 is 0. The molecule has 0 radical (unpaired) electrons. The molecule has 14 heteroatoms. The number of nitrogens with zero attached hydrogens (tertiary/aromatic N) is 2. The van der Waals surface area contributed by atoms with Crippen molar-refractivity contribution in [2.75, 3.05) is 26.7 Å². The van der Waals surface area contributed by atoms with Crippen molar-refractivity contribution in [3.63, 3.8) is 0 Å². The molecule has 1 aromatic carbocycles. The SMILES string of the molecule is CC(C)C[C@@H]1NC(=O)CN(C)C(=O)[C@H](CO)NC(=O)[C@@H]2C[C@H](NC(=O)[C@H](C)O)CN2C(=O)[C@H](Cc2ccccc2)NC1=O. The number of aliphatic hydroxyl groups excluding tert-OH is 2. The molecule has 1 aromatic rings. The lowest BCUT2D eigenvalue weighted by Crippen LogP contribution is -2.58. The van der Waals surface area contributed by atoms with E-state index in [2.05, 4.69) is 21.3 Å². The van der Waals surface area contributed by atoms with Gasteiger partial charge >= 0.3 is 0 Å². The van der Waals surface area contributed by atoms with Crippen molar-refractivity contribution in [1.29, 1.82) is 0 Å². The third kappa shape index (κ3) is 8.97. The zero-order chi connectivity index (χ0) is 31.8. The highest BCUT2D eigenvalue weighted by molar-refractivity contribution is 5.97. The molecule has 2 aliphatic heterocycles. The minimum Gasteiger partial charge on any atom is -0.394 e. The van der Waals surface area contributed by atoms with Crippen LogP contribution in [0.25, 0.3) is 0 Å². The molecular weight excluding hydrogens is 560 g/mol. The third-order valence-corrected chi connectivity index (χ3v) is 7.42. The van der Waals surface area contributed by atoms with E-state index in [4.69, 9.17) is 0 Å². The lowest BCUT2D eigenvalue weighted by atomic mass is 10.0. The van der Waals surface area contributed by atoms with E-state index in [1.165, 1.54) is 18.9 Å². The first-order chi connectivity index (χ1) is 20.3. The zero-order valence-corrected chi connectivity index (χ0v) is 24.9. The Kier molecular flexibility index (Phi) is 11.6. The molecule has 2 heterocycles. The molecule has 3 rings (SSSR count). The third-order valence-electron chi connectivity index (χ3n) is 7.42. The van der Waals surface area contributed by atoms with Gasteiger partial charge in [0.15, 0.2) is 0 Å². The van der Waals surface area contributed by atoms with E-state index >= 15 is 0 Å². The Morgan fingerprint density at radius 2 is 1.60 bits per heavy atom. The first-order valence-corrected chi connectivity index (χ1v) is 14.4. The number of amides is 6. The first kappa shape index (κ1) is 33.5. The van der Waals surface area contributed by atoms with E-state index < -0.39 is 84.9 Å². The molecular formula is C29H42N6O8. The van der Waals surface area contributed by atoms with Gasteiger partial charge in [-0.05, 0) is 31.2 Å². The molecule has 0 unspecified atom stereocenters. The summed E-state index contributed by atoms with van der Waals surface area (Å²) in [5.41, 5.74) is 0.732. The Balaban J connectivity index is 2.05. The normalized spacial score (nSPS) is 26.6. The molecule has 2 fully saturated rings. The van der Waals surface area contributed by atoms with Crippen molar-refractivity contribution in [3.8, 4) is 0 Å². The second-order valence-electron chi connectivity index (χ2n) is 11.6. The fourth-order valence-corrected chi connectivity index (χ4v) is 5.23. The molecule has 14 nitrogen and oxygen atoms in total. The maximum absolute atomic E-state index is 14.1. The van der Waals surface area contributed by atoms with Crippen LogP contribution in [-0.2, 0) is 35.2 Å². The summed E-state index contributed by atoms with van der Waals surface area (Å²) in [5.74, 6) is -4.05. The summed E-state index contributed by atoms with van der Waals surface area (Å²) >= 11 is 0. The van der Waals surface area contributed by atoms with E-state index in [0.717, 1.165) is 10.5 Å². The summed E-state index contributed by atoms with van der Waals surface area (Å²) in [4.78, 5) is 81.7. The van der Waals surface area contributed by atoms with Crippen molar-refractivity contribution in [2.24, 2.45) is 5.92 Å². The molecule has 6 N–H and O–H groups in total. The summed E-state index contributed by atoms with van der Waals surface area (Å²) in [6.07, 6.45) is -1.04. The Labute approximate surface area is 250 Å². The Morgan fingerprint density at radius 3 is 2.21 bits per heavy atom. The van der Waals surface area contributed by atoms with Crippen LogP contribution in [0, 0.1) is 5.92 Å². The van der Waals surface area contributed by atoms with E-state index in [-0.39, 0.29) is 31.7 Å². The predicted molar refractivity (Wildman–Crippen MR) is 154 cm³/mol. The molecule has 236 valence electrons. The molecule has 0 aliphatic carbocycles. The lowest BCUT2D eigenvalue weighted by molar-refractivity contribution is -0.143. The van der Waals surface area contributed by atoms with E-state index in [0.29, 0.717) is 0 Å². The number of fused-ring (bicyclic) bond motifs is 1. The Hall–Kier alpha value is -4.04. The van der Waals surface area contributed by atoms with Gasteiger partial charge < -0.3 is 41.3 Å². The fourth-order valence-electron chi connectivity index (χ4n) is 5.23. The van der Waals surface area contributed by atoms with Gasteiger partial charge in [0, 0.05) is 26.1 Å². The van der Waals surface area contributed by atoms with Gasteiger partial charge in [0.25, 0.3) is 0 Å². The summed E-state index contributed by atoms with van der Waals surface area (Å²) in [7, 11) is 1.33. The van der Waals surface area contributed by atoms with Crippen molar-refractivity contribution in [1.82, 2.24) is 31.1 Å². The van der Waals surface area contributed by atoms with E-state index in [9.17, 15) is 39.0 Å². The fraction of sp³-hybridized carbons (Fsp3) is 0.586. The van der Waals surface area contributed by atoms with Crippen LogP contribution in [0.1, 0.15) is 39.2 Å². The van der Waals surface area contributed by atoms with Crippen molar-refractivity contribution in [3.05, 3.63) is 35.9 Å². The highest BCUT2D eigenvalue weighted by Gasteiger charge is 2.44. The van der Waals surface area contributed by atoms with Gasteiger partial charge in [-0.1, -0.05) is 44.2 Å². The number of likely N-dealkylation sites (N-methyl/N-ethyl adjacent to an activating group) is 1. The molecule has 0 saturated carbocycles. The maximum Gasteiger partial charge on any atom is 0.248 e. The van der Waals surface area contributed by atoms with Crippen LogP contribution in [0.15, 0.2) is 30.3 Å². The van der Waals surface area contributed by atoms with Crippen LogP contribution in [0.5, 0.6) is 0 Å². The average Bonchev–Trinajstić information content (AvgIpc) is 3.37. The van der Waals surface area contributed by atoms with Crippen molar-refractivity contribution in [2.45, 2.75) is 76.3 Å².